The number of piperazine rings is 1. The highest BCUT2D eigenvalue weighted by Crippen LogP contribution is 2.33. The summed E-state index contributed by atoms with van der Waals surface area (Å²) in [5, 5.41) is 15.1. The Labute approximate surface area is 209 Å². The number of aromatic nitrogens is 2. The molecule has 0 unspecified atom stereocenters. The maximum Gasteiger partial charge on any atom is 0.353 e. The number of rotatable bonds is 10. The maximum atomic E-state index is 12.0. The zero-order valence-electron chi connectivity index (χ0n) is 20.6. The van der Waals surface area contributed by atoms with Crippen LogP contribution in [-0.2, 0) is 6.42 Å². The summed E-state index contributed by atoms with van der Waals surface area (Å²) in [5.41, 5.74) is 1.99. The molecule has 1 fully saturated rings. The van der Waals surface area contributed by atoms with Gasteiger partial charge in [0, 0.05) is 38.4 Å². The van der Waals surface area contributed by atoms with Crippen LogP contribution < -0.4 is 29.3 Å². The third kappa shape index (κ3) is 5.51. The molecule has 1 aliphatic heterocycles. The molecule has 0 aliphatic carbocycles. The fraction of sp³-hybridized carbons (Fsp3) is 0.360. The molecule has 0 spiro atoms. The Morgan fingerprint density at radius 1 is 0.917 bits per heavy atom. The average Bonchev–Trinajstić information content (AvgIpc) is 2.92. The van der Waals surface area contributed by atoms with Crippen molar-refractivity contribution in [3.8, 4) is 17.2 Å². The largest absolute Gasteiger partial charge is 0.497 e. The lowest BCUT2D eigenvalue weighted by atomic mass is 10.1. The van der Waals surface area contributed by atoms with Crippen molar-refractivity contribution in [3.63, 3.8) is 0 Å². The van der Waals surface area contributed by atoms with Crippen LogP contribution >= 0.6 is 0 Å². The highest BCUT2D eigenvalue weighted by molar-refractivity contribution is 5.70. The first-order valence-electron chi connectivity index (χ1n) is 11.6. The van der Waals surface area contributed by atoms with Crippen LogP contribution in [0.5, 0.6) is 17.2 Å². The first-order valence-corrected chi connectivity index (χ1v) is 11.6. The summed E-state index contributed by atoms with van der Waals surface area (Å²) in [5.74, 6) is 2.64. The molecule has 190 valence electrons. The fourth-order valence-electron chi connectivity index (χ4n) is 4.23. The molecule has 0 atom stereocenters. The van der Waals surface area contributed by atoms with Gasteiger partial charge < -0.3 is 29.3 Å². The molecule has 4 rings (SSSR count). The number of hydrogen-bond acceptors (Lipinski definition) is 10. The number of methoxy groups -OCH3 is 3. The molecule has 0 radical (unpaired) electrons. The van der Waals surface area contributed by atoms with E-state index >= 15 is 0 Å². The van der Waals surface area contributed by atoms with Crippen LogP contribution in [-0.4, -0.2) is 68.9 Å². The maximum absolute atomic E-state index is 12.0. The molecule has 0 saturated carbocycles. The summed E-state index contributed by atoms with van der Waals surface area (Å²) in [6.45, 7) is 3.10. The molecule has 1 aromatic heterocycles. The van der Waals surface area contributed by atoms with E-state index in [0.717, 1.165) is 30.1 Å². The van der Waals surface area contributed by atoms with Gasteiger partial charge in [0.25, 0.3) is 0 Å². The Balaban J connectivity index is 1.42. The van der Waals surface area contributed by atoms with Crippen LogP contribution in [0.3, 0.4) is 0 Å². The minimum atomic E-state index is -0.413. The molecule has 1 aliphatic rings. The van der Waals surface area contributed by atoms with Crippen molar-refractivity contribution in [2.75, 3.05) is 69.2 Å². The van der Waals surface area contributed by atoms with Crippen molar-refractivity contribution in [1.29, 1.82) is 0 Å². The number of nitrogens with zero attached hydrogens (tertiary/aromatic N) is 5. The van der Waals surface area contributed by atoms with Gasteiger partial charge >= 0.3 is 5.69 Å². The van der Waals surface area contributed by atoms with E-state index in [1.165, 1.54) is 6.33 Å². The van der Waals surface area contributed by atoms with Crippen molar-refractivity contribution in [3.05, 3.63) is 64.5 Å². The molecule has 1 N–H and O–H groups in total. The van der Waals surface area contributed by atoms with Crippen molar-refractivity contribution >= 4 is 23.0 Å². The second-order valence-electron chi connectivity index (χ2n) is 8.19. The number of nitrogens with one attached hydrogen (secondary N) is 1. The summed E-state index contributed by atoms with van der Waals surface area (Å²) < 4.78 is 15.9. The molecule has 0 amide bonds. The Hall–Kier alpha value is -4.28. The van der Waals surface area contributed by atoms with Crippen LogP contribution in [0.15, 0.2) is 48.8 Å². The van der Waals surface area contributed by atoms with Crippen LogP contribution in [0.25, 0.3) is 0 Å². The van der Waals surface area contributed by atoms with Crippen molar-refractivity contribution in [2.24, 2.45) is 0 Å². The monoisotopic (exact) mass is 494 g/mol. The molecule has 2 heterocycles. The lowest BCUT2D eigenvalue weighted by molar-refractivity contribution is -0.383. The quantitative estimate of drug-likeness (QED) is 0.332. The summed E-state index contributed by atoms with van der Waals surface area (Å²) in [7, 11) is 4.81. The summed E-state index contributed by atoms with van der Waals surface area (Å²) >= 11 is 0. The van der Waals surface area contributed by atoms with E-state index in [0.29, 0.717) is 43.4 Å². The molecule has 11 heteroatoms. The van der Waals surface area contributed by atoms with E-state index in [2.05, 4.69) is 20.2 Å². The standard InChI is InChI=1S/C25H30N6O5/c1-34-20-7-5-19(6-8-20)29-12-14-30(15-13-29)25-23(31(32)33)24(27-17-28-25)26-11-10-18-4-9-21(35-2)22(16-18)36-3/h4-9,16-17H,10-15H2,1-3H3,(H,26,27,28). The number of ether oxygens (including phenoxy) is 3. The van der Waals surface area contributed by atoms with E-state index < -0.39 is 4.92 Å². The minimum absolute atomic E-state index is 0.109. The van der Waals surface area contributed by atoms with E-state index in [-0.39, 0.29) is 11.5 Å². The topological polar surface area (TPSA) is 115 Å². The molecule has 0 bridgehead atoms. The van der Waals surface area contributed by atoms with Crippen LogP contribution in [0, 0.1) is 10.1 Å². The van der Waals surface area contributed by atoms with Crippen LogP contribution in [0.2, 0.25) is 0 Å². The van der Waals surface area contributed by atoms with Crippen LogP contribution in [0.4, 0.5) is 23.0 Å². The number of nitro groups is 1. The number of anilines is 3. The molecular weight excluding hydrogens is 464 g/mol. The first-order chi connectivity index (χ1) is 17.5. The lowest BCUT2D eigenvalue weighted by Gasteiger charge is -2.36. The van der Waals surface area contributed by atoms with E-state index in [1.54, 1.807) is 21.3 Å². The van der Waals surface area contributed by atoms with Gasteiger partial charge in [-0.05, 0) is 48.4 Å². The van der Waals surface area contributed by atoms with Gasteiger partial charge in [0.15, 0.2) is 11.5 Å². The molecular formula is C25H30N6O5. The molecule has 11 nitrogen and oxygen atoms in total. The van der Waals surface area contributed by atoms with Gasteiger partial charge in [0.2, 0.25) is 11.6 Å². The molecule has 36 heavy (non-hydrogen) atoms. The fourth-order valence-corrected chi connectivity index (χ4v) is 4.23. The van der Waals surface area contributed by atoms with Gasteiger partial charge in [0.05, 0.1) is 26.3 Å². The normalized spacial score (nSPS) is 13.3. The number of benzene rings is 2. The van der Waals surface area contributed by atoms with Crippen molar-refractivity contribution in [1.82, 2.24) is 9.97 Å². The van der Waals surface area contributed by atoms with Gasteiger partial charge in [-0.2, -0.15) is 0 Å². The second-order valence-corrected chi connectivity index (χ2v) is 8.19. The van der Waals surface area contributed by atoms with Gasteiger partial charge in [-0.25, -0.2) is 9.97 Å². The smallest absolute Gasteiger partial charge is 0.353 e. The SMILES string of the molecule is COc1ccc(N2CCN(c3ncnc(NCCc4ccc(OC)c(OC)c4)c3[N+](=O)[O-])CC2)cc1. The van der Waals surface area contributed by atoms with Crippen molar-refractivity contribution < 1.29 is 19.1 Å². The van der Waals surface area contributed by atoms with Gasteiger partial charge in [-0.15, -0.1) is 0 Å². The highest BCUT2D eigenvalue weighted by atomic mass is 16.6. The zero-order chi connectivity index (χ0) is 25.5. The second kappa shape index (κ2) is 11.4. The minimum Gasteiger partial charge on any atom is -0.497 e. The van der Waals surface area contributed by atoms with Gasteiger partial charge in [-0.3, -0.25) is 10.1 Å². The van der Waals surface area contributed by atoms with Gasteiger partial charge in [-0.1, -0.05) is 6.07 Å². The van der Waals surface area contributed by atoms with Crippen molar-refractivity contribution in [2.45, 2.75) is 6.42 Å². The Morgan fingerprint density at radius 3 is 2.25 bits per heavy atom. The van der Waals surface area contributed by atoms with E-state index in [4.69, 9.17) is 14.2 Å². The van der Waals surface area contributed by atoms with Gasteiger partial charge in [0.1, 0.15) is 12.1 Å². The predicted octanol–water partition coefficient (Wildman–Crippen LogP) is 3.39. The first kappa shape index (κ1) is 24.8. The summed E-state index contributed by atoms with van der Waals surface area (Å²) in [6.07, 6.45) is 1.99. The zero-order valence-corrected chi connectivity index (χ0v) is 20.6. The Kier molecular flexibility index (Phi) is 7.89. The van der Waals surface area contributed by atoms with Crippen LogP contribution in [0.1, 0.15) is 5.56 Å². The number of hydrogen-bond donors (Lipinski definition) is 1. The van der Waals surface area contributed by atoms with E-state index in [1.807, 2.05) is 47.4 Å². The molecule has 1 saturated heterocycles. The Bertz CT molecular complexity index is 1180. The average molecular weight is 495 g/mol. The third-order valence-corrected chi connectivity index (χ3v) is 6.16. The highest BCUT2D eigenvalue weighted by Gasteiger charge is 2.29. The predicted molar refractivity (Wildman–Crippen MR) is 138 cm³/mol. The lowest BCUT2D eigenvalue weighted by Crippen LogP contribution is -2.47. The van der Waals surface area contributed by atoms with E-state index in [9.17, 15) is 10.1 Å². The summed E-state index contributed by atoms with van der Waals surface area (Å²) in [6, 6.07) is 13.6. The molecule has 2 aromatic carbocycles. The summed E-state index contributed by atoms with van der Waals surface area (Å²) in [4.78, 5) is 24.2. The Morgan fingerprint density at radius 2 is 1.61 bits per heavy atom. The third-order valence-electron chi connectivity index (χ3n) is 6.16. The molecule has 3 aromatic rings.